The van der Waals surface area contributed by atoms with Gasteiger partial charge in [-0.3, -0.25) is 9.59 Å². The van der Waals surface area contributed by atoms with Crippen LogP contribution in [0.1, 0.15) is 12.0 Å². The number of ketones is 1. The van der Waals surface area contributed by atoms with Crippen molar-refractivity contribution in [3.8, 4) is 11.5 Å². The Hall–Kier alpha value is -3.28. The van der Waals surface area contributed by atoms with Crippen LogP contribution >= 0.6 is 0 Å². The molecule has 0 saturated carbocycles. The fourth-order valence-electron chi connectivity index (χ4n) is 2.98. The number of aliphatic hydroxyl groups is 1. The van der Waals surface area contributed by atoms with E-state index < -0.39 is 17.7 Å². The largest absolute Gasteiger partial charge is 0.509 e. The number of methoxy groups -OCH3 is 1. The summed E-state index contributed by atoms with van der Waals surface area (Å²) in [5.74, 6) is -0.477. The van der Waals surface area contributed by atoms with Gasteiger partial charge in [0.25, 0.3) is 5.91 Å². The van der Waals surface area contributed by atoms with E-state index in [-0.39, 0.29) is 17.9 Å². The molecule has 0 aliphatic carbocycles. The predicted octanol–water partition coefficient (Wildman–Crippen LogP) is 2.59. The lowest BCUT2D eigenvalue weighted by molar-refractivity contribution is -0.123. The number of hydrogen-bond acceptors (Lipinski definition) is 5. The van der Waals surface area contributed by atoms with Crippen molar-refractivity contribution in [3.63, 3.8) is 0 Å². The third-order valence-corrected chi connectivity index (χ3v) is 4.39. The number of Topliss-reactive ketones (excluding diaryl/α,β-unsaturated/α-hetero) is 1. The molecule has 0 radical (unpaired) electrons. The Labute approximate surface area is 157 Å². The standard InChI is InChI=1S/C21H21NO5/c1-26-17-9-5-6-10-18(17)27-13-16(23)19-20(24)15(22-21(19)25)12-11-14-7-3-2-4-8-14/h2-10,15,24H,11-13H2,1H3,(H,22,25). The maximum Gasteiger partial charge on any atom is 0.259 e. The topological polar surface area (TPSA) is 84.9 Å². The first-order valence-corrected chi connectivity index (χ1v) is 8.67. The summed E-state index contributed by atoms with van der Waals surface area (Å²) in [4.78, 5) is 24.6. The molecule has 1 unspecified atom stereocenters. The first kappa shape index (κ1) is 18.5. The third kappa shape index (κ3) is 4.28. The molecule has 0 spiro atoms. The number of hydrogen-bond donors (Lipinski definition) is 2. The van der Waals surface area contributed by atoms with Crippen molar-refractivity contribution >= 4 is 11.7 Å². The minimum atomic E-state index is -0.571. The molecule has 0 saturated heterocycles. The molecule has 2 aromatic rings. The van der Waals surface area contributed by atoms with Gasteiger partial charge in [0.15, 0.2) is 18.1 Å². The van der Waals surface area contributed by atoms with Gasteiger partial charge in [-0.05, 0) is 30.5 Å². The van der Waals surface area contributed by atoms with Gasteiger partial charge >= 0.3 is 0 Å². The lowest BCUT2D eigenvalue weighted by Gasteiger charge is -2.11. The van der Waals surface area contributed by atoms with Gasteiger partial charge in [-0.2, -0.15) is 0 Å². The van der Waals surface area contributed by atoms with Gasteiger partial charge in [0.2, 0.25) is 5.78 Å². The van der Waals surface area contributed by atoms with Crippen LogP contribution in [0.5, 0.6) is 11.5 Å². The highest BCUT2D eigenvalue weighted by atomic mass is 16.5. The van der Waals surface area contributed by atoms with Crippen molar-refractivity contribution in [3.05, 3.63) is 71.5 Å². The summed E-state index contributed by atoms with van der Waals surface area (Å²) in [6, 6.07) is 16.1. The minimum Gasteiger partial charge on any atom is -0.509 e. The number of benzene rings is 2. The summed E-state index contributed by atoms with van der Waals surface area (Å²) in [6.07, 6.45) is 1.18. The molecule has 6 heteroatoms. The van der Waals surface area contributed by atoms with E-state index in [9.17, 15) is 14.7 Å². The Bertz CT molecular complexity index is 860. The van der Waals surface area contributed by atoms with Gasteiger partial charge in [-0.15, -0.1) is 0 Å². The maximum atomic E-state index is 12.4. The molecule has 0 fully saturated rings. The number of ether oxygens (including phenoxy) is 2. The molecular formula is C21H21NO5. The average Bonchev–Trinajstić information content (AvgIpc) is 2.99. The number of nitrogens with one attached hydrogen (secondary N) is 1. The molecule has 2 aromatic carbocycles. The fraction of sp³-hybridized carbons (Fsp3) is 0.238. The second-order valence-electron chi connectivity index (χ2n) is 6.17. The molecule has 1 atom stereocenters. The number of aliphatic hydroxyl groups excluding tert-OH is 1. The summed E-state index contributed by atoms with van der Waals surface area (Å²) in [5.41, 5.74) is 0.863. The predicted molar refractivity (Wildman–Crippen MR) is 99.8 cm³/mol. The van der Waals surface area contributed by atoms with Crippen molar-refractivity contribution in [1.29, 1.82) is 0 Å². The van der Waals surface area contributed by atoms with Gasteiger partial charge in [-0.25, -0.2) is 0 Å². The number of carbonyl (C=O) groups is 2. The highest BCUT2D eigenvalue weighted by Gasteiger charge is 2.35. The lowest BCUT2D eigenvalue weighted by Crippen LogP contribution is -2.30. The van der Waals surface area contributed by atoms with Crippen LogP contribution in [-0.4, -0.2) is 36.6 Å². The molecule has 1 heterocycles. The lowest BCUT2D eigenvalue weighted by atomic mass is 10.0. The summed E-state index contributed by atoms with van der Waals surface area (Å²) in [6.45, 7) is -0.363. The molecule has 0 aromatic heterocycles. The van der Waals surface area contributed by atoms with Crippen molar-refractivity contribution in [2.24, 2.45) is 0 Å². The molecular weight excluding hydrogens is 346 g/mol. The van der Waals surface area contributed by atoms with E-state index in [4.69, 9.17) is 9.47 Å². The van der Waals surface area contributed by atoms with E-state index in [1.165, 1.54) is 7.11 Å². The molecule has 0 bridgehead atoms. The number of rotatable bonds is 8. The van der Waals surface area contributed by atoms with Gasteiger partial charge in [0.1, 0.15) is 11.3 Å². The first-order valence-electron chi connectivity index (χ1n) is 8.67. The van der Waals surface area contributed by atoms with Crippen LogP contribution < -0.4 is 14.8 Å². The quantitative estimate of drug-likeness (QED) is 0.701. The van der Waals surface area contributed by atoms with E-state index in [1.54, 1.807) is 24.3 Å². The second-order valence-corrected chi connectivity index (χ2v) is 6.17. The van der Waals surface area contributed by atoms with E-state index in [2.05, 4.69) is 5.32 Å². The highest BCUT2D eigenvalue weighted by molar-refractivity contribution is 6.21. The molecule has 3 rings (SSSR count). The Kier molecular flexibility index (Phi) is 5.76. The monoisotopic (exact) mass is 367 g/mol. The van der Waals surface area contributed by atoms with Crippen LogP contribution in [0.3, 0.4) is 0 Å². The van der Waals surface area contributed by atoms with Gasteiger partial charge in [0.05, 0.1) is 13.2 Å². The molecule has 27 heavy (non-hydrogen) atoms. The van der Waals surface area contributed by atoms with Crippen LogP contribution in [0.25, 0.3) is 0 Å². The number of para-hydroxylation sites is 2. The van der Waals surface area contributed by atoms with Crippen molar-refractivity contribution in [1.82, 2.24) is 5.32 Å². The summed E-state index contributed by atoms with van der Waals surface area (Å²) in [5, 5.41) is 13.0. The Morgan fingerprint density at radius 3 is 2.44 bits per heavy atom. The molecule has 1 aliphatic rings. The molecule has 6 nitrogen and oxygen atoms in total. The average molecular weight is 367 g/mol. The Balaban J connectivity index is 1.64. The van der Waals surface area contributed by atoms with Crippen molar-refractivity contribution in [2.45, 2.75) is 18.9 Å². The van der Waals surface area contributed by atoms with Crippen molar-refractivity contribution in [2.75, 3.05) is 13.7 Å². The van der Waals surface area contributed by atoms with E-state index in [0.29, 0.717) is 24.3 Å². The molecule has 2 N–H and O–H groups in total. The SMILES string of the molecule is COc1ccccc1OCC(=O)C1=C(O)C(CCc2ccccc2)NC1=O. The van der Waals surface area contributed by atoms with Gasteiger partial charge in [-0.1, -0.05) is 42.5 Å². The maximum absolute atomic E-state index is 12.4. The normalized spacial score (nSPS) is 16.2. The Morgan fingerprint density at radius 2 is 1.74 bits per heavy atom. The highest BCUT2D eigenvalue weighted by Crippen LogP contribution is 2.26. The number of amides is 1. The smallest absolute Gasteiger partial charge is 0.259 e. The Morgan fingerprint density at radius 1 is 1.07 bits per heavy atom. The summed E-state index contributed by atoms with van der Waals surface area (Å²) < 4.78 is 10.6. The van der Waals surface area contributed by atoms with Crippen LogP contribution in [0.4, 0.5) is 0 Å². The van der Waals surface area contributed by atoms with E-state index in [1.807, 2.05) is 30.3 Å². The minimum absolute atomic E-state index is 0.218. The fourth-order valence-corrected chi connectivity index (χ4v) is 2.98. The first-order chi connectivity index (χ1) is 13.1. The zero-order chi connectivity index (χ0) is 19.2. The third-order valence-electron chi connectivity index (χ3n) is 4.39. The zero-order valence-electron chi connectivity index (χ0n) is 15.0. The summed E-state index contributed by atoms with van der Waals surface area (Å²) >= 11 is 0. The second kappa shape index (κ2) is 8.40. The molecule has 1 amide bonds. The van der Waals surface area contributed by atoms with E-state index >= 15 is 0 Å². The van der Waals surface area contributed by atoms with Gasteiger partial charge in [0, 0.05) is 0 Å². The van der Waals surface area contributed by atoms with Crippen LogP contribution in [0.2, 0.25) is 0 Å². The van der Waals surface area contributed by atoms with Crippen LogP contribution in [-0.2, 0) is 16.0 Å². The van der Waals surface area contributed by atoms with Gasteiger partial charge < -0.3 is 19.9 Å². The summed E-state index contributed by atoms with van der Waals surface area (Å²) in [7, 11) is 1.50. The van der Waals surface area contributed by atoms with Crippen LogP contribution in [0.15, 0.2) is 65.9 Å². The van der Waals surface area contributed by atoms with E-state index in [0.717, 1.165) is 5.56 Å². The molecule has 1 aliphatic heterocycles. The number of carbonyl (C=O) groups excluding carboxylic acids is 2. The molecule has 140 valence electrons. The zero-order valence-corrected chi connectivity index (χ0v) is 15.0. The van der Waals surface area contributed by atoms with Crippen LogP contribution in [0, 0.1) is 0 Å². The van der Waals surface area contributed by atoms with Crippen molar-refractivity contribution < 1.29 is 24.2 Å². The number of aryl methyl sites for hydroxylation is 1.